The van der Waals surface area contributed by atoms with Crippen LogP contribution in [0.3, 0.4) is 0 Å². The molecule has 1 aliphatic heterocycles. The monoisotopic (exact) mass is 406 g/mol. The van der Waals surface area contributed by atoms with E-state index in [9.17, 15) is 4.79 Å². The normalized spacial score (nSPS) is 17.7. The summed E-state index contributed by atoms with van der Waals surface area (Å²) in [6, 6.07) is 11.8. The average Bonchev–Trinajstić information content (AvgIpc) is 2.93. The molecule has 2 N–H and O–H groups in total. The van der Waals surface area contributed by atoms with Gasteiger partial charge < -0.3 is 10.6 Å². The molecule has 2 heterocycles. The molecule has 0 amide bonds. The average molecular weight is 407 g/mol. The third-order valence-corrected chi connectivity index (χ3v) is 5.58. The molecule has 0 radical (unpaired) electrons. The summed E-state index contributed by atoms with van der Waals surface area (Å²) in [6.45, 7) is 3.63. The Balaban J connectivity index is 2.16. The largest absolute Gasteiger partial charge is 0.350 e. The second-order valence-corrected chi connectivity index (χ2v) is 8.29. The van der Waals surface area contributed by atoms with Crippen molar-refractivity contribution < 1.29 is 4.79 Å². The van der Waals surface area contributed by atoms with E-state index in [2.05, 4.69) is 26.6 Å². The van der Waals surface area contributed by atoms with Gasteiger partial charge in [-0.3, -0.25) is 4.79 Å². The number of nitrogens with one attached hydrogen (secondary N) is 2. The lowest BCUT2D eigenvalue weighted by Gasteiger charge is -2.30. The second kappa shape index (κ2) is 6.55. The highest BCUT2D eigenvalue weighted by Crippen LogP contribution is 2.36. The highest BCUT2D eigenvalue weighted by atomic mass is 79.9. The van der Waals surface area contributed by atoms with Crippen LogP contribution in [0.1, 0.15) is 29.0 Å². The van der Waals surface area contributed by atoms with Crippen LogP contribution in [0, 0.1) is 6.92 Å². The molecule has 1 aromatic heterocycles. The summed E-state index contributed by atoms with van der Waals surface area (Å²) in [4.78, 5) is 13.4. The molecule has 1 atom stereocenters. The first-order valence-electron chi connectivity index (χ1n) is 7.10. The Hall–Kier alpha value is -1.50. The van der Waals surface area contributed by atoms with Gasteiger partial charge in [-0.1, -0.05) is 29.8 Å². The van der Waals surface area contributed by atoms with Crippen molar-refractivity contribution in [3.63, 3.8) is 0 Å². The summed E-state index contributed by atoms with van der Waals surface area (Å²) >= 11 is 10.4. The summed E-state index contributed by atoms with van der Waals surface area (Å²) in [5, 5.41) is 6.91. The lowest BCUT2D eigenvalue weighted by molar-refractivity contribution is -0.113. The molecule has 0 saturated carbocycles. The minimum atomic E-state index is -0.228. The molecule has 0 unspecified atom stereocenters. The number of halogens is 1. The Labute approximate surface area is 152 Å². The van der Waals surface area contributed by atoms with Gasteiger partial charge in [-0.05, 0) is 59.7 Å². The maximum Gasteiger partial charge on any atom is 0.171 e. The Morgan fingerprint density at radius 2 is 1.91 bits per heavy atom. The number of carbonyl (C=O) groups excluding carboxylic acids is 1. The van der Waals surface area contributed by atoms with Crippen LogP contribution in [-0.2, 0) is 4.79 Å². The molecule has 0 fully saturated rings. The zero-order chi connectivity index (χ0) is 16.6. The molecule has 1 aromatic carbocycles. The predicted octanol–water partition coefficient (Wildman–Crippen LogP) is 4.34. The van der Waals surface area contributed by atoms with Gasteiger partial charge in [0.2, 0.25) is 0 Å². The number of benzene rings is 1. The number of hydrogen-bond acceptors (Lipinski definition) is 3. The quantitative estimate of drug-likeness (QED) is 0.743. The fraction of sp³-hybridized carbons (Fsp3) is 0.176. The molecule has 0 aliphatic carbocycles. The first-order chi connectivity index (χ1) is 11.0. The van der Waals surface area contributed by atoms with Gasteiger partial charge in [0.15, 0.2) is 10.9 Å². The molecule has 3 nitrogen and oxygen atoms in total. The van der Waals surface area contributed by atoms with Crippen molar-refractivity contribution in [1.82, 2.24) is 10.6 Å². The van der Waals surface area contributed by atoms with Gasteiger partial charge in [-0.25, -0.2) is 0 Å². The van der Waals surface area contributed by atoms with Crippen LogP contribution in [0.5, 0.6) is 0 Å². The molecule has 6 heteroatoms. The van der Waals surface area contributed by atoms with E-state index < -0.39 is 0 Å². The maximum atomic E-state index is 12.4. The summed E-state index contributed by atoms with van der Waals surface area (Å²) < 4.78 is 1.03. The van der Waals surface area contributed by atoms with Crippen LogP contribution in [0.4, 0.5) is 0 Å². The second-order valence-electron chi connectivity index (χ2n) is 5.38. The van der Waals surface area contributed by atoms with Gasteiger partial charge in [0.05, 0.1) is 15.5 Å². The van der Waals surface area contributed by atoms with E-state index in [1.807, 2.05) is 43.3 Å². The van der Waals surface area contributed by atoms with Crippen molar-refractivity contribution >= 4 is 56.1 Å². The lowest BCUT2D eigenvalue weighted by atomic mass is 9.94. The van der Waals surface area contributed by atoms with E-state index >= 15 is 0 Å². The van der Waals surface area contributed by atoms with Crippen LogP contribution < -0.4 is 10.6 Å². The van der Waals surface area contributed by atoms with E-state index in [4.69, 9.17) is 12.2 Å². The van der Waals surface area contributed by atoms with Gasteiger partial charge >= 0.3 is 0 Å². The Bertz CT molecular complexity index is 808. The lowest BCUT2D eigenvalue weighted by Crippen LogP contribution is -2.44. The van der Waals surface area contributed by atoms with Crippen LogP contribution >= 0.6 is 39.5 Å². The molecule has 0 bridgehead atoms. The zero-order valence-corrected chi connectivity index (χ0v) is 15.9. The smallest absolute Gasteiger partial charge is 0.171 e. The van der Waals surface area contributed by atoms with Crippen molar-refractivity contribution in [3.8, 4) is 0 Å². The van der Waals surface area contributed by atoms with Gasteiger partial charge in [0.1, 0.15) is 0 Å². The standard InChI is InChI=1S/C17H15BrN2OS2/c1-9-3-5-11(6-4-9)15-14(10(2)21)16(20-17(22)19-15)12-7-8-13(18)23-12/h3-8,16H,1-2H3,(H2,19,20,22)/t16-/m0/s1. The summed E-state index contributed by atoms with van der Waals surface area (Å²) in [5.74, 6) is 0.0256. The van der Waals surface area contributed by atoms with Gasteiger partial charge in [0, 0.05) is 10.5 Å². The molecular weight excluding hydrogens is 392 g/mol. The minimum absolute atomic E-state index is 0.0256. The minimum Gasteiger partial charge on any atom is -0.350 e. The SMILES string of the molecule is CC(=O)C1=C(c2ccc(C)cc2)NC(=S)N[C@H]1c1ccc(Br)s1. The van der Waals surface area contributed by atoms with E-state index in [0.29, 0.717) is 10.7 Å². The van der Waals surface area contributed by atoms with Crippen LogP contribution in [-0.4, -0.2) is 10.9 Å². The summed E-state index contributed by atoms with van der Waals surface area (Å²) in [7, 11) is 0. The predicted molar refractivity (Wildman–Crippen MR) is 102 cm³/mol. The van der Waals surface area contributed by atoms with Crippen molar-refractivity contribution in [2.24, 2.45) is 0 Å². The number of hydrogen-bond donors (Lipinski definition) is 2. The first-order valence-corrected chi connectivity index (χ1v) is 9.12. The number of aryl methyl sites for hydroxylation is 1. The Kier molecular flexibility index (Phi) is 4.66. The molecule has 23 heavy (non-hydrogen) atoms. The van der Waals surface area contributed by atoms with E-state index in [0.717, 1.165) is 19.9 Å². The number of ketones is 1. The van der Waals surface area contributed by atoms with E-state index in [-0.39, 0.29) is 11.8 Å². The first kappa shape index (κ1) is 16.4. The van der Waals surface area contributed by atoms with Crippen LogP contribution in [0.2, 0.25) is 0 Å². The fourth-order valence-corrected chi connectivity index (χ4v) is 4.29. The Morgan fingerprint density at radius 3 is 2.48 bits per heavy atom. The number of thiocarbonyl (C=S) groups is 1. The number of Topliss-reactive ketones (excluding diaryl/α,β-unsaturated/α-hetero) is 1. The number of carbonyl (C=O) groups is 1. The summed E-state index contributed by atoms with van der Waals surface area (Å²) in [6.07, 6.45) is 0. The molecule has 2 aromatic rings. The molecule has 0 saturated heterocycles. The van der Waals surface area contributed by atoms with Gasteiger partial charge in [0.25, 0.3) is 0 Å². The Morgan fingerprint density at radius 1 is 1.22 bits per heavy atom. The maximum absolute atomic E-state index is 12.4. The molecule has 118 valence electrons. The van der Waals surface area contributed by atoms with Crippen molar-refractivity contribution in [1.29, 1.82) is 0 Å². The van der Waals surface area contributed by atoms with Crippen LogP contribution in [0.25, 0.3) is 5.70 Å². The molecular formula is C17H15BrN2OS2. The van der Waals surface area contributed by atoms with Gasteiger partial charge in [-0.15, -0.1) is 11.3 Å². The fourth-order valence-electron chi connectivity index (χ4n) is 2.59. The van der Waals surface area contributed by atoms with Gasteiger partial charge in [-0.2, -0.15) is 0 Å². The topological polar surface area (TPSA) is 41.1 Å². The van der Waals surface area contributed by atoms with E-state index in [1.165, 1.54) is 5.56 Å². The van der Waals surface area contributed by atoms with Crippen LogP contribution in [0.15, 0.2) is 45.8 Å². The van der Waals surface area contributed by atoms with Crippen molar-refractivity contribution in [3.05, 3.63) is 61.8 Å². The highest BCUT2D eigenvalue weighted by Gasteiger charge is 2.30. The number of rotatable bonds is 3. The molecule has 3 rings (SSSR count). The van der Waals surface area contributed by atoms with Crippen molar-refractivity contribution in [2.75, 3.05) is 0 Å². The highest BCUT2D eigenvalue weighted by molar-refractivity contribution is 9.11. The third kappa shape index (κ3) is 3.39. The third-order valence-electron chi connectivity index (χ3n) is 3.67. The van der Waals surface area contributed by atoms with E-state index in [1.54, 1.807) is 18.3 Å². The molecule has 0 spiro atoms. The van der Waals surface area contributed by atoms with Crippen molar-refractivity contribution in [2.45, 2.75) is 19.9 Å². The number of thiophene rings is 1. The zero-order valence-electron chi connectivity index (χ0n) is 12.6. The summed E-state index contributed by atoms with van der Waals surface area (Å²) in [5.41, 5.74) is 3.63. The molecule has 1 aliphatic rings.